The first-order chi connectivity index (χ1) is 9.63. The summed E-state index contributed by atoms with van der Waals surface area (Å²) in [6.07, 6.45) is 5.60. The smallest absolute Gasteiger partial charge is 0.207 e. The summed E-state index contributed by atoms with van der Waals surface area (Å²) in [5.41, 5.74) is 0.854. The number of hydrogen-bond acceptors (Lipinski definition) is 2. The van der Waals surface area contributed by atoms with E-state index in [2.05, 4.69) is 0 Å². The fourth-order valence-electron chi connectivity index (χ4n) is 3.59. The van der Waals surface area contributed by atoms with Crippen LogP contribution >= 0.6 is 11.6 Å². The average Bonchev–Trinajstić information content (AvgIpc) is 2.92. The molecule has 2 atom stereocenters. The van der Waals surface area contributed by atoms with Gasteiger partial charge in [0.15, 0.2) is 0 Å². The van der Waals surface area contributed by atoms with Gasteiger partial charge in [-0.2, -0.15) is 4.31 Å². The lowest BCUT2D eigenvalue weighted by Crippen LogP contribution is -2.39. The highest BCUT2D eigenvalue weighted by molar-refractivity contribution is 7.89. The Morgan fingerprint density at radius 3 is 2.80 bits per heavy atom. The third kappa shape index (κ3) is 2.49. The molecule has 0 aromatic heterocycles. The van der Waals surface area contributed by atoms with Gasteiger partial charge in [0.25, 0.3) is 0 Å². The number of alkyl halides is 1. The lowest BCUT2D eigenvalue weighted by atomic mass is 9.86. The monoisotopic (exact) mass is 313 g/mol. The minimum Gasteiger partial charge on any atom is -0.207 e. The van der Waals surface area contributed by atoms with Crippen molar-refractivity contribution in [3.63, 3.8) is 0 Å². The summed E-state index contributed by atoms with van der Waals surface area (Å²) in [5, 5.41) is 0. The number of nitrogens with zero attached hydrogens (tertiary/aromatic N) is 1. The van der Waals surface area contributed by atoms with Crippen LogP contribution in [0.25, 0.3) is 0 Å². The van der Waals surface area contributed by atoms with Crippen molar-refractivity contribution < 1.29 is 8.42 Å². The van der Waals surface area contributed by atoms with Crippen molar-refractivity contribution in [1.29, 1.82) is 0 Å². The molecule has 2 aliphatic rings. The van der Waals surface area contributed by atoms with Gasteiger partial charge in [-0.1, -0.05) is 25.0 Å². The van der Waals surface area contributed by atoms with Gasteiger partial charge in [0, 0.05) is 18.5 Å². The summed E-state index contributed by atoms with van der Waals surface area (Å²) in [4.78, 5) is 0.391. The van der Waals surface area contributed by atoms with E-state index in [1.807, 2.05) is 6.07 Å². The Hall–Kier alpha value is -0.580. The second kappa shape index (κ2) is 5.66. The molecule has 0 N–H and O–H groups in total. The molecular weight excluding hydrogens is 294 g/mol. The molecule has 0 bridgehead atoms. The van der Waals surface area contributed by atoms with Crippen LogP contribution in [-0.2, 0) is 15.9 Å². The van der Waals surface area contributed by atoms with Gasteiger partial charge >= 0.3 is 0 Å². The molecule has 0 spiro atoms. The van der Waals surface area contributed by atoms with Crippen molar-refractivity contribution in [2.24, 2.45) is 5.92 Å². The van der Waals surface area contributed by atoms with Crippen molar-refractivity contribution in [1.82, 2.24) is 4.31 Å². The second-order valence-corrected chi connectivity index (χ2v) is 7.96. The molecule has 2 fully saturated rings. The fourth-order valence-corrected chi connectivity index (χ4v) is 5.55. The van der Waals surface area contributed by atoms with Crippen LogP contribution in [-0.4, -0.2) is 25.3 Å². The van der Waals surface area contributed by atoms with Crippen molar-refractivity contribution in [3.8, 4) is 0 Å². The van der Waals surface area contributed by atoms with Crippen LogP contribution in [0.2, 0.25) is 0 Å². The molecule has 3 nitrogen and oxygen atoms in total. The molecule has 2 unspecified atom stereocenters. The second-order valence-electron chi connectivity index (χ2n) is 5.80. The Morgan fingerprint density at radius 2 is 2.00 bits per heavy atom. The van der Waals surface area contributed by atoms with Gasteiger partial charge in [-0.3, -0.25) is 0 Å². The van der Waals surface area contributed by atoms with Crippen molar-refractivity contribution >= 4 is 21.6 Å². The molecule has 1 aliphatic heterocycles. The van der Waals surface area contributed by atoms with Crippen molar-refractivity contribution in [2.45, 2.75) is 48.9 Å². The van der Waals surface area contributed by atoms with E-state index < -0.39 is 10.0 Å². The van der Waals surface area contributed by atoms with Crippen LogP contribution in [0.5, 0.6) is 0 Å². The summed E-state index contributed by atoms with van der Waals surface area (Å²) >= 11 is 5.81. The topological polar surface area (TPSA) is 37.4 Å². The Bertz CT molecular complexity index is 587. The van der Waals surface area contributed by atoms with E-state index in [1.165, 1.54) is 12.8 Å². The molecule has 0 amide bonds. The highest BCUT2D eigenvalue weighted by atomic mass is 35.5. The molecular formula is C15H20ClNO2S. The van der Waals surface area contributed by atoms with Crippen molar-refractivity contribution in [2.75, 3.05) is 6.54 Å². The first-order valence-electron chi connectivity index (χ1n) is 7.29. The Kier molecular flexibility index (Phi) is 4.07. The highest BCUT2D eigenvalue weighted by Gasteiger charge is 2.42. The predicted octanol–water partition coefficient (Wildman–Crippen LogP) is 3.38. The maximum atomic E-state index is 12.8. The molecule has 1 saturated heterocycles. The maximum Gasteiger partial charge on any atom is 0.243 e. The molecule has 3 rings (SSSR count). The SMILES string of the molecule is O=S(=O)(c1cccc(CCl)c1)N1CCC2CCCCC21. The standard InChI is InChI=1S/C15H20ClNO2S/c16-11-12-4-3-6-14(10-12)20(18,19)17-9-8-13-5-1-2-7-15(13)17/h3-4,6,10,13,15H,1-2,5,7-9,11H2. The first kappa shape index (κ1) is 14.4. The zero-order valence-electron chi connectivity index (χ0n) is 11.5. The Balaban J connectivity index is 1.91. The molecule has 1 aromatic rings. The van der Waals surface area contributed by atoms with Gasteiger partial charge < -0.3 is 0 Å². The minimum atomic E-state index is -3.37. The number of benzene rings is 1. The van der Waals surface area contributed by atoms with E-state index in [4.69, 9.17) is 11.6 Å². The van der Waals surface area contributed by atoms with E-state index >= 15 is 0 Å². The minimum absolute atomic E-state index is 0.216. The number of halogens is 1. The number of hydrogen-bond donors (Lipinski definition) is 0. The molecule has 0 radical (unpaired) electrons. The molecule has 1 heterocycles. The third-order valence-electron chi connectivity index (χ3n) is 4.62. The Labute approximate surface area is 126 Å². The molecule has 5 heteroatoms. The maximum absolute atomic E-state index is 12.8. The number of rotatable bonds is 3. The van der Waals surface area contributed by atoms with Crippen LogP contribution in [0.15, 0.2) is 29.2 Å². The average molecular weight is 314 g/mol. The summed E-state index contributed by atoms with van der Waals surface area (Å²) in [5.74, 6) is 0.907. The largest absolute Gasteiger partial charge is 0.243 e. The first-order valence-corrected chi connectivity index (χ1v) is 9.27. The van der Waals surface area contributed by atoms with Gasteiger partial charge in [0.2, 0.25) is 10.0 Å². The van der Waals surface area contributed by atoms with E-state index in [0.29, 0.717) is 23.2 Å². The summed E-state index contributed by atoms with van der Waals surface area (Å²) in [6, 6.07) is 7.24. The normalized spacial score (nSPS) is 27.4. The van der Waals surface area contributed by atoms with Gasteiger partial charge in [-0.05, 0) is 42.9 Å². The van der Waals surface area contributed by atoms with Gasteiger partial charge in [0.05, 0.1) is 4.90 Å². The summed E-state index contributed by atoms with van der Waals surface area (Å²) < 4.78 is 27.4. The molecule has 20 heavy (non-hydrogen) atoms. The number of sulfonamides is 1. The fraction of sp³-hybridized carbons (Fsp3) is 0.600. The van der Waals surface area contributed by atoms with Gasteiger partial charge in [-0.15, -0.1) is 11.6 Å². The highest BCUT2D eigenvalue weighted by Crippen LogP contribution is 2.39. The van der Waals surface area contributed by atoms with Crippen molar-refractivity contribution in [3.05, 3.63) is 29.8 Å². The molecule has 1 aliphatic carbocycles. The van der Waals surface area contributed by atoms with Crippen LogP contribution in [0.4, 0.5) is 0 Å². The molecule has 1 saturated carbocycles. The van der Waals surface area contributed by atoms with Crippen LogP contribution in [0, 0.1) is 5.92 Å². The van der Waals surface area contributed by atoms with Crippen LogP contribution in [0.1, 0.15) is 37.7 Å². The zero-order valence-corrected chi connectivity index (χ0v) is 13.0. The molecule has 110 valence electrons. The summed E-state index contributed by atoms with van der Waals surface area (Å²) in [7, 11) is -3.37. The quantitative estimate of drug-likeness (QED) is 0.802. The van der Waals surface area contributed by atoms with Gasteiger partial charge in [-0.25, -0.2) is 8.42 Å². The number of fused-ring (bicyclic) bond motifs is 1. The van der Waals surface area contributed by atoms with Crippen LogP contribution in [0.3, 0.4) is 0 Å². The van der Waals surface area contributed by atoms with Gasteiger partial charge in [0.1, 0.15) is 0 Å². The third-order valence-corrected chi connectivity index (χ3v) is 6.85. The lowest BCUT2D eigenvalue weighted by molar-refractivity contribution is 0.260. The van der Waals surface area contributed by atoms with E-state index in [9.17, 15) is 8.42 Å². The predicted molar refractivity (Wildman–Crippen MR) is 80.3 cm³/mol. The summed E-state index contributed by atoms with van der Waals surface area (Å²) in [6.45, 7) is 0.669. The van der Waals surface area contributed by atoms with E-state index in [0.717, 1.165) is 24.8 Å². The Morgan fingerprint density at radius 1 is 1.20 bits per heavy atom. The van der Waals surface area contributed by atoms with E-state index in [-0.39, 0.29) is 6.04 Å². The lowest BCUT2D eigenvalue weighted by Gasteiger charge is -2.31. The van der Waals surface area contributed by atoms with Crippen LogP contribution < -0.4 is 0 Å². The molecule has 1 aromatic carbocycles. The zero-order chi connectivity index (χ0) is 14.2. The van der Waals surface area contributed by atoms with E-state index in [1.54, 1.807) is 22.5 Å².